The standard InChI is InChI=1S/C9H16N2O3S/c1-10-9-11-5-4-6(13)7(2-3-12)14-8(5)15-9/h5-8,12-13H,2-4H2,1H3,(H,10,11)/t5-,6-,7-,8-/m1/s1. The van der Waals surface area contributed by atoms with Gasteiger partial charge in [-0.25, -0.2) is 0 Å². The molecule has 0 spiro atoms. The number of amidine groups is 1. The van der Waals surface area contributed by atoms with Crippen LogP contribution in [0.3, 0.4) is 0 Å². The number of ether oxygens (including phenoxy) is 1. The van der Waals surface area contributed by atoms with E-state index in [1.807, 2.05) is 7.05 Å². The fourth-order valence-electron chi connectivity index (χ4n) is 1.89. The first-order valence-corrected chi connectivity index (χ1v) is 5.99. The van der Waals surface area contributed by atoms with Gasteiger partial charge < -0.3 is 20.3 Å². The molecule has 0 aliphatic carbocycles. The van der Waals surface area contributed by atoms with Crippen LogP contribution in [0.1, 0.15) is 12.8 Å². The summed E-state index contributed by atoms with van der Waals surface area (Å²) < 4.78 is 5.69. The van der Waals surface area contributed by atoms with Crippen molar-refractivity contribution in [3.05, 3.63) is 0 Å². The number of nitrogens with one attached hydrogen (secondary N) is 1. The zero-order valence-corrected chi connectivity index (χ0v) is 9.41. The van der Waals surface area contributed by atoms with Gasteiger partial charge in [0.15, 0.2) is 5.17 Å². The fraction of sp³-hybridized carbons (Fsp3) is 0.889. The van der Waals surface area contributed by atoms with Crippen molar-refractivity contribution < 1.29 is 14.9 Å². The number of hydrogen-bond acceptors (Lipinski definition) is 6. The number of thioether (sulfide) groups is 1. The van der Waals surface area contributed by atoms with Gasteiger partial charge in [0.25, 0.3) is 0 Å². The average Bonchev–Trinajstić information content (AvgIpc) is 2.61. The van der Waals surface area contributed by atoms with Crippen molar-refractivity contribution in [3.8, 4) is 0 Å². The minimum absolute atomic E-state index is 0.00704. The summed E-state index contributed by atoms with van der Waals surface area (Å²) in [5.74, 6) is 0. The van der Waals surface area contributed by atoms with Gasteiger partial charge in [-0.3, -0.25) is 4.99 Å². The number of aliphatic imine (C=N–C) groups is 1. The van der Waals surface area contributed by atoms with Crippen molar-refractivity contribution in [3.63, 3.8) is 0 Å². The van der Waals surface area contributed by atoms with Gasteiger partial charge in [0, 0.05) is 20.1 Å². The molecular formula is C9H16N2O3S. The van der Waals surface area contributed by atoms with E-state index in [0.29, 0.717) is 12.8 Å². The number of aliphatic hydroxyl groups is 2. The molecule has 0 aromatic heterocycles. The second kappa shape index (κ2) is 4.69. The molecule has 6 heteroatoms. The minimum Gasteiger partial charge on any atom is -0.396 e. The molecule has 0 aromatic carbocycles. The smallest absolute Gasteiger partial charge is 0.159 e. The first-order chi connectivity index (χ1) is 7.24. The zero-order chi connectivity index (χ0) is 10.8. The first kappa shape index (κ1) is 11.2. The SMILES string of the molecule is CNC1=N[C@@H]2C[C@@H](O)[C@@H](CCO)O[C@@H]2S1. The highest BCUT2D eigenvalue weighted by molar-refractivity contribution is 8.14. The highest BCUT2D eigenvalue weighted by Gasteiger charge is 2.41. The molecule has 0 saturated carbocycles. The summed E-state index contributed by atoms with van der Waals surface area (Å²) in [6, 6.07) is 0.0439. The second-order valence-electron chi connectivity index (χ2n) is 3.73. The predicted molar refractivity (Wildman–Crippen MR) is 58.9 cm³/mol. The van der Waals surface area contributed by atoms with Crippen LogP contribution in [0.15, 0.2) is 4.99 Å². The van der Waals surface area contributed by atoms with Gasteiger partial charge in [0.1, 0.15) is 5.44 Å². The van der Waals surface area contributed by atoms with Crippen LogP contribution >= 0.6 is 11.8 Å². The van der Waals surface area contributed by atoms with E-state index in [-0.39, 0.29) is 24.2 Å². The van der Waals surface area contributed by atoms with Crippen LogP contribution in [0.4, 0.5) is 0 Å². The Balaban J connectivity index is 1.97. The van der Waals surface area contributed by atoms with Crippen LogP contribution in [0.25, 0.3) is 0 Å². The fourth-order valence-corrected chi connectivity index (χ4v) is 2.95. The Labute approximate surface area is 92.9 Å². The van der Waals surface area contributed by atoms with Gasteiger partial charge in [0.2, 0.25) is 0 Å². The maximum atomic E-state index is 9.77. The van der Waals surface area contributed by atoms with Crippen molar-refractivity contribution in [2.75, 3.05) is 13.7 Å². The van der Waals surface area contributed by atoms with E-state index in [1.54, 1.807) is 11.8 Å². The highest BCUT2D eigenvalue weighted by atomic mass is 32.2. The van der Waals surface area contributed by atoms with Crippen molar-refractivity contribution in [2.45, 2.75) is 36.5 Å². The average molecular weight is 232 g/mol. The lowest BCUT2D eigenvalue weighted by Gasteiger charge is -2.34. The molecule has 0 aromatic rings. The zero-order valence-electron chi connectivity index (χ0n) is 8.59. The number of fused-ring (bicyclic) bond motifs is 1. The molecule has 2 rings (SSSR count). The molecule has 2 aliphatic heterocycles. The molecule has 0 bridgehead atoms. The molecular weight excluding hydrogens is 216 g/mol. The number of nitrogens with zero attached hydrogens (tertiary/aromatic N) is 1. The maximum absolute atomic E-state index is 9.77. The number of rotatable bonds is 2. The van der Waals surface area contributed by atoms with Crippen LogP contribution in [-0.4, -0.2) is 52.7 Å². The molecule has 86 valence electrons. The van der Waals surface area contributed by atoms with Crippen molar-refractivity contribution in [1.82, 2.24) is 5.32 Å². The van der Waals surface area contributed by atoms with Crippen molar-refractivity contribution in [1.29, 1.82) is 0 Å². The molecule has 4 atom stereocenters. The van der Waals surface area contributed by atoms with Gasteiger partial charge in [-0.2, -0.15) is 0 Å². The van der Waals surface area contributed by atoms with E-state index >= 15 is 0 Å². The largest absolute Gasteiger partial charge is 0.396 e. The van der Waals surface area contributed by atoms with Crippen molar-refractivity contribution >= 4 is 16.9 Å². The Hall–Kier alpha value is -0.300. The summed E-state index contributed by atoms with van der Waals surface area (Å²) in [6.07, 6.45) is 0.335. The summed E-state index contributed by atoms with van der Waals surface area (Å²) in [6.45, 7) is 0.0452. The summed E-state index contributed by atoms with van der Waals surface area (Å²) in [4.78, 5) is 4.39. The summed E-state index contributed by atoms with van der Waals surface area (Å²) >= 11 is 1.55. The molecule has 15 heavy (non-hydrogen) atoms. The lowest BCUT2D eigenvalue weighted by molar-refractivity contribution is -0.1000. The van der Waals surface area contributed by atoms with Gasteiger partial charge in [-0.05, 0) is 6.42 Å². The summed E-state index contributed by atoms with van der Waals surface area (Å²) in [5.41, 5.74) is -0.00704. The minimum atomic E-state index is -0.515. The third kappa shape index (κ3) is 2.28. The van der Waals surface area contributed by atoms with Crippen LogP contribution < -0.4 is 5.32 Å². The molecule has 1 fully saturated rings. The Kier molecular flexibility index (Phi) is 3.50. The van der Waals surface area contributed by atoms with E-state index < -0.39 is 6.10 Å². The topological polar surface area (TPSA) is 74.1 Å². The van der Waals surface area contributed by atoms with Gasteiger partial charge >= 0.3 is 0 Å². The summed E-state index contributed by atoms with van der Waals surface area (Å²) in [5, 5.41) is 22.5. The third-order valence-electron chi connectivity index (χ3n) is 2.67. The van der Waals surface area contributed by atoms with Crippen LogP contribution in [0.5, 0.6) is 0 Å². The van der Waals surface area contributed by atoms with E-state index in [9.17, 15) is 5.11 Å². The van der Waals surface area contributed by atoms with Gasteiger partial charge in [-0.1, -0.05) is 11.8 Å². The molecule has 0 unspecified atom stereocenters. The molecule has 3 N–H and O–H groups in total. The Morgan fingerprint density at radius 2 is 2.47 bits per heavy atom. The molecule has 0 amide bonds. The highest BCUT2D eigenvalue weighted by Crippen LogP contribution is 2.35. The van der Waals surface area contributed by atoms with E-state index in [0.717, 1.165) is 5.17 Å². The van der Waals surface area contributed by atoms with Crippen LogP contribution in [-0.2, 0) is 4.74 Å². The third-order valence-corrected chi connectivity index (χ3v) is 3.86. The quantitative estimate of drug-likeness (QED) is 0.600. The predicted octanol–water partition coefficient (Wildman–Crippen LogP) is -0.464. The van der Waals surface area contributed by atoms with Gasteiger partial charge in [-0.15, -0.1) is 0 Å². The van der Waals surface area contributed by atoms with Crippen LogP contribution in [0.2, 0.25) is 0 Å². The van der Waals surface area contributed by atoms with E-state index in [4.69, 9.17) is 9.84 Å². The second-order valence-corrected chi connectivity index (χ2v) is 4.81. The Morgan fingerprint density at radius 3 is 3.13 bits per heavy atom. The lowest BCUT2D eigenvalue weighted by atomic mass is 10.00. The molecule has 0 radical (unpaired) electrons. The number of aliphatic hydroxyl groups excluding tert-OH is 2. The Morgan fingerprint density at radius 1 is 1.67 bits per heavy atom. The summed E-state index contributed by atoms with van der Waals surface area (Å²) in [7, 11) is 1.82. The molecule has 1 saturated heterocycles. The molecule has 2 heterocycles. The molecule has 5 nitrogen and oxygen atoms in total. The number of hydrogen-bond donors (Lipinski definition) is 3. The van der Waals surface area contributed by atoms with E-state index in [1.165, 1.54) is 0 Å². The van der Waals surface area contributed by atoms with Crippen molar-refractivity contribution in [2.24, 2.45) is 4.99 Å². The molecule has 2 aliphatic rings. The first-order valence-electron chi connectivity index (χ1n) is 5.11. The van der Waals surface area contributed by atoms with E-state index in [2.05, 4.69) is 10.3 Å². The van der Waals surface area contributed by atoms with Gasteiger partial charge in [0.05, 0.1) is 18.2 Å². The normalized spacial score (nSPS) is 39.8. The van der Waals surface area contributed by atoms with Crippen LogP contribution in [0, 0.1) is 0 Å². The monoisotopic (exact) mass is 232 g/mol. The maximum Gasteiger partial charge on any atom is 0.159 e. The Bertz CT molecular complexity index is 262. The lowest BCUT2D eigenvalue weighted by Crippen LogP contribution is -2.44.